The van der Waals surface area contributed by atoms with Crippen molar-refractivity contribution in [2.24, 2.45) is 0 Å². The van der Waals surface area contributed by atoms with Crippen molar-refractivity contribution in [1.82, 2.24) is 0 Å². The molecule has 0 saturated carbocycles. The molecular weight excluding hydrogens is 234 g/mol. The molecule has 0 aliphatic heterocycles. The van der Waals surface area contributed by atoms with E-state index < -0.39 is 9.84 Å². The predicted octanol–water partition coefficient (Wildman–Crippen LogP) is 2.41. The molecule has 0 heterocycles. The van der Waals surface area contributed by atoms with Gasteiger partial charge in [0.1, 0.15) is 0 Å². The number of anilines is 1. The van der Waals surface area contributed by atoms with Crippen LogP contribution in [0.3, 0.4) is 0 Å². The van der Waals surface area contributed by atoms with E-state index in [-0.39, 0.29) is 4.90 Å². The Labute approximate surface area is 101 Å². The van der Waals surface area contributed by atoms with Crippen LogP contribution in [0.15, 0.2) is 58.3 Å². The maximum absolute atomic E-state index is 12.3. The van der Waals surface area contributed by atoms with Gasteiger partial charge in [0.2, 0.25) is 9.84 Å². The molecule has 2 aromatic rings. The number of nitrogens with two attached hydrogens (primary N) is 1. The third-order valence-corrected chi connectivity index (χ3v) is 4.26. The van der Waals surface area contributed by atoms with Gasteiger partial charge in [-0.25, -0.2) is 8.42 Å². The molecule has 0 saturated heterocycles. The van der Waals surface area contributed by atoms with E-state index >= 15 is 0 Å². The molecule has 0 aromatic heterocycles. The van der Waals surface area contributed by atoms with Crippen molar-refractivity contribution in [2.45, 2.75) is 16.7 Å². The summed E-state index contributed by atoms with van der Waals surface area (Å²) in [4.78, 5) is 0.569. The fourth-order valence-electron chi connectivity index (χ4n) is 1.57. The maximum atomic E-state index is 12.3. The summed E-state index contributed by atoms with van der Waals surface area (Å²) in [7, 11) is -3.43. The Bertz CT molecular complexity index is 631. The van der Waals surface area contributed by atoms with Crippen molar-refractivity contribution in [3.8, 4) is 0 Å². The highest BCUT2D eigenvalue weighted by molar-refractivity contribution is 7.91. The lowest BCUT2D eigenvalue weighted by Crippen LogP contribution is -2.02. The van der Waals surface area contributed by atoms with Crippen LogP contribution >= 0.6 is 0 Å². The van der Waals surface area contributed by atoms with E-state index in [2.05, 4.69) is 0 Å². The molecule has 0 aliphatic carbocycles. The number of aryl methyl sites for hydroxylation is 1. The zero-order chi connectivity index (χ0) is 12.5. The Balaban J connectivity index is 2.54. The van der Waals surface area contributed by atoms with Gasteiger partial charge in [-0.1, -0.05) is 12.1 Å². The minimum Gasteiger partial charge on any atom is -0.399 e. The van der Waals surface area contributed by atoms with E-state index in [1.807, 2.05) is 13.0 Å². The van der Waals surface area contributed by atoms with Crippen LogP contribution in [0.4, 0.5) is 5.69 Å². The summed E-state index contributed by atoms with van der Waals surface area (Å²) in [5.41, 5.74) is 7.01. The minimum atomic E-state index is -3.43. The summed E-state index contributed by atoms with van der Waals surface area (Å²) in [6.07, 6.45) is 0. The molecule has 0 bridgehead atoms. The van der Waals surface area contributed by atoms with Crippen molar-refractivity contribution in [3.63, 3.8) is 0 Å². The number of sulfone groups is 1. The molecule has 4 heteroatoms. The molecule has 3 nitrogen and oxygen atoms in total. The van der Waals surface area contributed by atoms with E-state index in [1.165, 1.54) is 12.1 Å². The van der Waals surface area contributed by atoms with Crippen molar-refractivity contribution in [1.29, 1.82) is 0 Å². The van der Waals surface area contributed by atoms with Crippen LogP contribution in [0, 0.1) is 6.92 Å². The highest BCUT2D eigenvalue weighted by atomic mass is 32.2. The lowest BCUT2D eigenvalue weighted by atomic mass is 10.2. The lowest BCUT2D eigenvalue weighted by Gasteiger charge is -2.05. The van der Waals surface area contributed by atoms with E-state index in [1.54, 1.807) is 30.3 Å². The Morgan fingerprint density at radius 3 is 2.18 bits per heavy atom. The number of benzene rings is 2. The Morgan fingerprint density at radius 2 is 1.59 bits per heavy atom. The number of rotatable bonds is 2. The van der Waals surface area contributed by atoms with E-state index in [4.69, 9.17) is 5.73 Å². The molecule has 0 amide bonds. The molecule has 88 valence electrons. The first kappa shape index (κ1) is 11.7. The average molecular weight is 247 g/mol. The molecule has 2 aromatic carbocycles. The Kier molecular flexibility index (Phi) is 2.90. The molecule has 0 atom stereocenters. The van der Waals surface area contributed by atoms with Gasteiger partial charge in [0.05, 0.1) is 9.79 Å². The van der Waals surface area contributed by atoms with Gasteiger partial charge >= 0.3 is 0 Å². The molecule has 0 aliphatic rings. The molecule has 2 N–H and O–H groups in total. The molecule has 0 fully saturated rings. The summed E-state index contributed by atoms with van der Waals surface area (Å²) >= 11 is 0. The molecular formula is C13H13NO2S. The first-order valence-corrected chi connectivity index (χ1v) is 6.66. The van der Waals surface area contributed by atoms with Crippen molar-refractivity contribution in [2.75, 3.05) is 5.73 Å². The normalized spacial score (nSPS) is 11.4. The fourth-order valence-corrected chi connectivity index (χ4v) is 2.93. The van der Waals surface area contributed by atoms with E-state index in [0.29, 0.717) is 10.6 Å². The third kappa shape index (κ3) is 2.31. The topological polar surface area (TPSA) is 60.2 Å². The first-order valence-electron chi connectivity index (χ1n) is 5.17. The van der Waals surface area contributed by atoms with Crippen LogP contribution in [0.2, 0.25) is 0 Å². The fraction of sp³-hybridized carbons (Fsp3) is 0.0769. The maximum Gasteiger partial charge on any atom is 0.206 e. The van der Waals surface area contributed by atoms with E-state index in [9.17, 15) is 8.42 Å². The van der Waals surface area contributed by atoms with E-state index in [0.717, 1.165) is 5.56 Å². The Morgan fingerprint density at radius 1 is 0.941 bits per heavy atom. The summed E-state index contributed by atoms with van der Waals surface area (Å²) in [5.74, 6) is 0. The lowest BCUT2D eigenvalue weighted by molar-refractivity contribution is 0.596. The van der Waals surface area contributed by atoms with Gasteiger partial charge < -0.3 is 5.73 Å². The van der Waals surface area contributed by atoms with Crippen LogP contribution in [0.5, 0.6) is 0 Å². The second-order valence-corrected chi connectivity index (χ2v) is 5.84. The SMILES string of the molecule is Cc1cccc(S(=O)(=O)c2ccc(N)cc2)c1. The van der Waals surface area contributed by atoms with Crippen LogP contribution in [0.1, 0.15) is 5.56 Å². The number of nitrogen functional groups attached to an aromatic ring is 1. The van der Waals surface area contributed by atoms with Gasteiger partial charge in [0.25, 0.3) is 0 Å². The molecule has 0 radical (unpaired) electrons. The van der Waals surface area contributed by atoms with Crippen LogP contribution in [0.25, 0.3) is 0 Å². The highest BCUT2D eigenvalue weighted by Gasteiger charge is 2.16. The van der Waals surface area contributed by atoms with Crippen LogP contribution in [-0.4, -0.2) is 8.42 Å². The number of hydrogen-bond acceptors (Lipinski definition) is 3. The zero-order valence-electron chi connectivity index (χ0n) is 9.42. The van der Waals surface area contributed by atoms with Crippen LogP contribution in [-0.2, 0) is 9.84 Å². The van der Waals surface area contributed by atoms with Gasteiger partial charge in [-0.3, -0.25) is 0 Å². The van der Waals surface area contributed by atoms with Crippen molar-refractivity contribution < 1.29 is 8.42 Å². The largest absolute Gasteiger partial charge is 0.399 e. The Hall–Kier alpha value is -1.81. The molecule has 0 unspecified atom stereocenters. The summed E-state index contributed by atoms with van der Waals surface area (Å²) < 4.78 is 24.5. The smallest absolute Gasteiger partial charge is 0.206 e. The molecule has 2 rings (SSSR count). The van der Waals surface area contributed by atoms with Crippen LogP contribution < -0.4 is 5.73 Å². The summed E-state index contributed by atoms with van der Waals surface area (Å²) in [6, 6.07) is 13.1. The molecule has 0 spiro atoms. The second kappa shape index (κ2) is 4.22. The van der Waals surface area contributed by atoms with Gasteiger partial charge in [0, 0.05) is 5.69 Å². The zero-order valence-corrected chi connectivity index (χ0v) is 10.2. The highest BCUT2D eigenvalue weighted by Crippen LogP contribution is 2.22. The standard InChI is InChI=1S/C13H13NO2S/c1-10-3-2-4-13(9-10)17(15,16)12-7-5-11(14)6-8-12/h2-9H,14H2,1H3. The van der Waals surface area contributed by atoms with Crippen molar-refractivity contribution >= 4 is 15.5 Å². The molecule has 17 heavy (non-hydrogen) atoms. The summed E-state index contributed by atoms with van der Waals surface area (Å²) in [6.45, 7) is 1.86. The predicted molar refractivity (Wildman–Crippen MR) is 67.5 cm³/mol. The van der Waals surface area contributed by atoms with Crippen molar-refractivity contribution in [3.05, 3.63) is 54.1 Å². The third-order valence-electron chi connectivity index (χ3n) is 2.49. The second-order valence-electron chi connectivity index (χ2n) is 3.89. The first-order chi connectivity index (χ1) is 8.00. The summed E-state index contributed by atoms with van der Waals surface area (Å²) in [5, 5.41) is 0. The van der Waals surface area contributed by atoms with Gasteiger partial charge in [0.15, 0.2) is 0 Å². The quantitative estimate of drug-likeness (QED) is 0.829. The monoisotopic (exact) mass is 247 g/mol. The number of hydrogen-bond donors (Lipinski definition) is 1. The average Bonchev–Trinajstić information content (AvgIpc) is 2.29. The van der Waals surface area contributed by atoms with Gasteiger partial charge in [-0.2, -0.15) is 0 Å². The minimum absolute atomic E-state index is 0.261. The van der Waals surface area contributed by atoms with Gasteiger partial charge in [-0.05, 0) is 48.9 Å². The van der Waals surface area contributed by atoms with Gasteiger partial charge in [-0.15, -0.1) is 0 Å².